The number of halogens is 1. The molecule has 20 heavy (non-hydrogen) atoms. The fraction of sp³-hybridized carbons (Fsp3) is 0.385. The Balaban J connectivity index is 2.52. The maximum Gasteiger partial charge on any atom is 0.250 e. The number of hydrazine groups is 1. The Kier molecular flexibility index (Phi) is 4.31. The van der Waals surface area contributed by atoms with Crippen molar-refractivity contribution < 1.29 is 9.13 Å². The molecule has 6 nitrogen and oxygen atoms in total. The Bertz CT molecular complexity index is 598. The lowest BCUT2D eigenvalue weighted by Gasteiger charge is -2.18. The zero-order chi connectivity index (χ0) is 14.7. The van der Waals surface area contributed by atoms with E-state index in [2.05, 4.69) is 15.5 Å². The van der Waals surface area contributed by atoms with Gasteiger partial charge in [0.05, 0.1) is 24.5 Å². The summed E-state index contributed by atoms with van der Waals surface area (Å²) >= 11 is 0. The number of aromatic nitrogens is 3. The van der Waals surface area contributed by atoms with Gasteiger partial charge in [0.1, 0.15) is 0 Å². The number of rotatable bonds is 5. The minimum absolute atomic E-state index is 0.0537. The van der Waals surface area contributed by atoms with Crippen molar-refractivity contribution in [1.29, 1.82) is 0 Å². The largest absolute Gasteiger partial charge is 0.479 e. The van der Waals surface area contributed by atoms with Gasteiger partial charge in [-0.1, -0.05) is 0 Å². The summed E-state index contributed by atoms with van der Waals surface area (Å²) in [6, 6.07) is 2.93. The number of hydrogen-bond acceptors (Lipinski definition) is 5. The van der Waals surface area contributed by atoms with E-state index < -0.39 is 11.9 Å². The molecule has 2 rings (SSSR count). The molecular formula is C13H18FN5O. The quantitative estimate of drug-likeness (QED) is 0.637. The Labute approximate surface area is 116 Å². The van der Waals surface area contributed by atoms with E-state index in [9.17, 15) is 4.39 Å². The molecule has 0 amide bonds. The van der Waals surface area contributed by atoms with Crippen molar-refractivity contribution in [2.24, 2.45) is 5.84 Å². The van der Waals surface area contributed by atoms with Gasteiger partial charge in [0.2, 0.25) is 5.88 Å². The van der Waals surface area contributed by atoms with Crippen LogP contribution >= 0.6 is 0 Å². The predicted octanol–water partition coefficient (Wildman–Crippen LogP) is 1.31. The molecule has 3 N–H and O–H groups in total. The summed E-state index contributed by atoms with van der Waals surface area (Å²) in [4.78, 5) is 3.83. The number of nitrogens with two attached hydrogens (primary N) is 1. The average Bonchev–Trinajstić information content (AvgIpc) is 2.82. The normalized spacial score (nSPS) is 12.4. The van der Waals surface area contributed by atoms with Crippen molar-refractivity contribution in [2.75, 3.05) is 7.11 Å². The number of nitrogens with one attached hydrogen (secondary N) is 1. The molecule has 7 heteroatoms. The highest BCUT2D eigenvalue weighted by Gasteiger charge is 2.23. The van der Waals surface area contributed by atoms with Crippen LogP contribution in [-0.2, 0) is 6.54 Å². The number of pyridine rings is 1. The van der Waals surface area contributed by atoms with Crippen LogP contribution in [0.3, 0.4) is 0 Å². The molecule has 2 heterocycles. The van der Waals surface area contributed by atoms with Crippen LogP contribution in [0, 0.1) is 12.7 Å². The van der Waals surface area contributed by atoms with E-state index >= 15 is 0 Å². The van der Waals surface area contributed by atoms with Crippen LogP contribution in [0.15, 0.2) is 18.3 Å². The molecule has 2 aromatic rings. The number of hydrogen-bond donors (Lipinski definition) is 2. The van der Waals surface area contributed by atoms with E-state index in [1.54, 1.807) is 10.7 Å². The lowest BCUT2D eigenvalue weighted by atomic mass is 10.0. The molecule has 0 aliphatic carbocycles. The molecule has 0 aliphatic heterocycles. The maximum absolute atomic E-state index is 14.3. The summed E-state index contributed by atoms with van der Waals surface area (Å²) in [5.74, 6) is 5.03. The number of aryl methyl sites for hydroxylation is 2. The minimum Gasteiger partial charge on any atom is -0.479 e. The van der Waals surface area contributed by atoms with Crippen LogP contribution in [0.1, 0.15) is 29.9 Å². The van der Waals surface area contributed by atoms with Crippen molar-refractivity contribution in [1.82, 2.24) is 20.2 Å². The Morgan fingerprint density at radius 1 is 1.55 bits per heavy atom. The summed E-state index contributed by atoms with van der Waals surface area (Å²) in [6.45, 7) is 4.52. The van der Waals surface area contributed by atoms with Gasteiger partial charge in [0, 0.05) is 18.3 Å². The van der Waals surface area contributed by atoms with E-state index in [4.69, 9.17) is 10.6 Å². The van der Waals surface area contributed by atoms with Crippen LogP contribution in [0.25, 0.3) is 0 Å². The molecule has 0 saturated carbocycles. The van der Waals surface area contributed by atoms with Gasteiger partial charge in [0.15, 0.2) is 5.82 Å². The Morgan fingerprint density at radius 3 is 2.90 bits per heavy atom. The molecule has 0 radical (unpaired) electrons. The smallest absolute Gasteiger partial charge is 0.250 e. The molecule has 0 bridgehead atoms. The fourth-order valence-corrected chi connectivity index (χ4v) is 2.19. The van der Waals surface area contributed by atoms with Crippen molar-refractivity contribution >= 4 is 0 Å². The Hall–Kier alpha value is -1.99. The summed E-state index contributed by atoms with van der Waals surface area (Å²) < 4.78 is 21.0. The SMILES string of the molecule is CCn1nc(C)cc1C(NN)c1ccnc(OC)c1F. The number of nitrogens with zero attached hydrogens (tertiary/aromatic N) is 3. The third kappa shape index (κ3) is 2.50. The molecule has 1 unspecified atom stereocenters. The predicted molar refractivity (Wildman–Crippen MR) is 72.6 cm³/mol. The highest BCUT2D eigenvalue weighted by molar-refractivity contribution is 5.32. The number of methoxy groups -OCH3 is 1. The van der Waals surface area contributed by atoms with E-state index in [1.807, 2.05) is 19.9 Å². The second-order valence-electron chi connectivity index (χ2n) is 4.35. The first-order valence-electron chi connectivity index (χ1n) is 6.31. The topological polar surface area (TPSA) is 78.0 Å². The standard InChI is InChI=1S/C13H18FN5O/c1-4-19-10(7-8(2)18-19)12(17-15)9-5-6-16-13(20-3)11(9)14/h5-7,12,17H,4,15H2,1-3H3. The highest BCUT2D eigenvalue weighted by atomic mass is 19.1. The van der Waals surface area contributed by atoms with Crippen LogP contribution in [0.5, 0.6) is 5.88 Å². The Morgan fingerprint density at radius 2 is 2.30 bits per heavy atom. The molecule has 0 aromatic carbocycles. The third-order valence-corrected chi connectivity index (χ3v) is 3.09. The molecule has 1 atom stereocenters. The molecule has 0 spiro atoms. The lowest BCUT2D eigenvalue weighted by Crippen LogP contribution is -2.31. The van der Waals surface area contributed by atoms with E-state index in [-0.39, 0.29) is 5.88 Å². The van der Waals surface area contributed by atoms with Crippen LogP contribution in [-0.4, -0.2) is 21.9 Å². The van der Waals surface area contributed by atoms with Crippen molar-refractivity contribution in [2.45, 2.75) is 26.4 Å². The van der Waals surface area contributed by atoms with Crippen LogP contribution in [0.4, 0.5) is 4.39 Å². The molecule has 108 valence electrons. The van der Waals surface area contributed by atoms with Gasteiger partial charge in [-0.25, -0.2) is 14.8 Å². The second-order valence-corrected chi connectivity index (χ2v) is 4.35. The monoisotopic (exact) mass is 279 g/mol. The average molecular weight is 279 g/mol. The van der Waals surface area contributed by atoms with Gasteiger partial charge in [-0.15, -0.1) is 0 Å². The third-order valence-electron chi connectivity index (χ3n) is 3.09. The summed E-state index contributed by atoms with van der Waals surface area (Å²) in [6.07, 6.45) is 1.49. The van der Waals surface area contributed by atoms with E-state index in [1.165, 1.54) is 13.3 Å². The first-order valence-corrected chi connectivity index (χ1v) is 6.31. The van der Waals surface area contributed by atoms with Gasteiger partial charge >= 0.3 is 0 Å². The molecule has 0 aliphatic rings. The summed E-state index contributed by atoms with van der Waals surface area (Å²) in [5, 5.41) is 4.35. The highest BCUT2D eigenvalue weighted by Crippen LogP contribution is 2.27. The molecule has 2 aromatic heterocycles. The van der Waals surface area contributed by atoms with Crippen molar-refractivity contribution in [3.8, 4) is 5.88 Å². The van der Waals surface area contributed by atoms with Gasteiger partial charge < -0.3 is 4.74 Å². The minimum atomic E-state index is -0.528. The van der Waals surface area contributed by atoms with Crippen LogP contribution < -0.4 is 16.0 Å². The summed E-state index contributed by atoms with van der Waals surface area (Å²) in [5.41, 5.74) is 4.64. The number of ether oxygens (including phenoxy) is 1. The summed E-state index contributed by atoms with van der Waals surface area (Å²) in [7, 11) is 1.38. The zero-order valence-electron chi connectivity index (χ0n) is 11.7. The lowest BCUT2D eigenvalue weighted by molar-refractivity contribution is 0.363. The first kappa shape index (κ1) is 14.4. The van der Waals surface area contributed by atoms with Gasteiger partial charge in [-0.05, 0) is 26.0 Å². The molecule has 0 saturated heterocycles. The fourth-order valence-electron chi connectivity index (χ4n) is 2.19. The maximum atomic E-state index is 14.3. The van der Waals surface area contributed by atoms with Crippen molar-refractivity contribution in [3.63, 3.8) is 0 Å². The van der Waals surface area contributed by atoms with E-state index in [0.29, 0.717) is 12.1 Å². The van der Waals surface area contributed by atoms with E-state index in [0.717, 1.165) is 11.4 Å². The van der Waals surface area contributed by atoms with Crippen LogP contribution in [0.2, 0.25) is 0 Å². The molecular weight excluding hydrogens is 261 g/mol. The van der Waals surface area contributed by atoms with Gasteiger partial charge in [-0.3, -0.25) is 10.5 Å². The van der Waals surface area contributed by atoms with Crippen molar-refractivity contribution in [3.05, 3.63) is 41.1 Å². The van der Waals surface area contributed by atoms with Gasteiger partial charge in [-0.2, -0.15) is 5.10 Å². The second kappa shape index (κ2) is 5.98. The molecule has 0 fully saturated rings. The first-order chi connectivity index (χ1) is 9.62. The zero-order valence-corrected chi connectivity index (χ0v) is 11.7. The van der Waals surface area contributed by atoms with Gasteiger partial charge in [0.25, 0.3) is 0 Å².